The van der Waals surface area contributed by atoms with Gasteiger partial charge in [-0.25, -0.2) is 0 Å². The van der Waals surface area contributed by atoms with E-state index >= 15 is 0 Å². The molecule has 0 saturated carbocycles. The molecule has 0 N–H and O–H groups in total. The Kier molecular flexibility index (Phi) is 6.61. The number of unbranched alkanes of at least 4 members (excludes halogenated alkanes) is 5. The number of aryl methyl sites for hydroxylation is 1. The standard InChI is InChI=1S/C38H36N2/c1-2-3-4-5-6-14-25-39-35-19-12-10-17-31(35)33-26-28(21-23-36(33)39)29-22-24-38-34(27-29)32-18-11-13-20-37(32)40(38)30-15-8-7-9-16-30/h7-13,15-24,26-27H,2-6,14,25H2,1H3. The topological polar surface area (TPSA) is 9.86 Å². The third-order valence-electron chi connectivity index (χ3n) is 8.53. The normalized spacial score (nSPS) is 11.8. The van der Waals surface area contributed by atoms with Crippen LogP contribution in [0.25, 0.3) is 60.4 Å². The summed E-state index contributed by atoms with van der Waals surface area (Å²) in [5, 5.41) is 5.29. The second-order valence-electron chi connectivity index (χ2n) is 11.1. The van der Waals surface area contributed by atoms with Crippen molar-refractivity contribution in [2.45, 2.75) is 52.0 Å². The van der Waals surface area contributed by atoms with Crippen LogP contribution in [0.15, 0.2) is 115 Å². The van der Waals surface area contributed by atoms with E-state index in [1.807, 2.05) is 0 Å². The number of benzene rings is 5. The molecule has 2 heterocycles. The molecule has 0 unspecified atom stereocenters. The molecule has 2 aromatic heterocycles. The van der Waals surface area contributed by atoms with Crippen LogP contribution in [0.2, 0.25) is 0 Å². The Morgan fingerprint density at radius 2 is 0.975 bits per heavy atom. The Morgan fingerprint density at radius 1 is 0.450 bits per heavy atom. The maximum atomic E-state index is 2.55. The molecule has 0 aliphatic carbocycles. The Hall–Kier alpha value is -4.30. The van der Waals surface area contributed by atoms with Crippen molar-refractivity contribution in [1.82, 2.24) is 9.13 Å². The minimum Gasteiger partial charge on any atom is -0.340 e. The third-order valence-corrected chi connectivity index (χ3v) is 8.53. The van der Waals surface area contributed by atoms with Gasteiger partial charge in [0.1, 0.15) is 0 Å². The Balaban J connectivity index is 1.30. The quantitative estimate of drug-likeness (QED) is 0.168. The summed E-state index contributed by atoms with van der Waals surface area (Å²) in [6.45, 7) is 3.37. The molecule has 5 aromatic carbocycles. The summed E-state index contributed by atoms with van der Waals surface area (Å²) < 4.78 is 4.93. The van der Waals surface area contributed by atoms with E-state index in [0.717, 1.165) is 6.54 Å². The van der Waals surface area contributed by atoms with Gasteiger partial charge in [0.2, 0.25) is 0 Å². The van der Waals surface area contributed by atoms with Crippen molar-refractivity contribution in [3.63, 3.8) is 0 Å². The predicted molar refractivity (Wildman–Crippen MR) is 173 cm³/mol. The zero-order valence-electron chi connectivity index (χ0n) is 23.3. The van der Waals surface area contributed by atoms with E-state index in [9.17, 15) is 0 Å². The van der Waals surface area contributed by atoms with Gasteiger partial charge in [-0.05, 0) is 66.1 Å². The molecule has 0 bridgehead atoms. The van der Waals surface area contributed by atoms with Gasteiger partial charge >= 0.3 is 0 Å². The average Bonchev–Trinajstić information content (AvgIpc) is 3.51. The molecular weight excluding hydrogens is 484 g/mol. The van der Waals surface area contributed by atoms with Gasteiger partial charge in [0.05, 0.1) is 11.0 Å². The molecule has 0 spiro atoms. The van der Waals surface area contributed by atoms with Crippen LogP contribution < -0.4 is 0 Å². The van der Waals surface area contributed by atoms with Crippen molar-refractivity contribution in [3.05, 3.63) is 115 Å². The van der Waals surface area contributed by atoms with E-state index in [-0.39, 0.29) is 0 Å². The molecule has 40 heavy (non-hydrogen) atoms. The number of nitrogens with zero attached hydrogens (tertiary/aromatic N) is 2. The molecule has 2 nitrogen and oxygen atoms in total. The number of hydrogen-bond acceptors (Lipinski definition) is 0. The SMILES string of the molecule is CCCCCCCCn1c2ccccc2c2cc(-c3ccc4c(c3)c3ccccc3n4-c3ccccc3)ccc21. The average molecular weight is 521 g/mol. The minimum atomic E-state index is 1.08. The summed E-state index contributed by atoms with van der Waals surface area (Å²) in [6, 6.07) is 42.4. The number of fused-ring (bicyclic) bond motifs is 6. The van der Waals surface area contributed by atoms with Crippen molar-refractivity contribution < 1.29 is 0 Å². The van der Waals surface area contributed by atoms with Crippen molar-refractivity contribution in [1.29, 1.82) is 0 Å². The molecule has 0 aliphatic rings. The van der Waals surface area contributed by atoms with Crippen LogP contribution in [0.1, 0.15) is 45.4 Å². The van der Waals surface area contributed by atoms with E-state index in [2.05, 4.69) is 131 Å². The molecule has 7 aromatic rings. The van der Waals surface area contributed by atoms with Gasteiger partial charge in [-0.3, -0.25) is 0 Å². The number of hydrogen-bond donors (Lipinski definition) is 0. The molecule has 0 amide bonds. The highest BCUT2D eigenvalue weighted by Gasteiger charge is 2.15. The van der Waals surface area contributed by atoms with Crippen molar-refractivity contribution in [3.8, 4) is 16.8 Å². The zero-order valence-corrected chi connectivity index (χ0v) is 23.3. The lowest BCUT2D eigenvalue weighted by Crippen LogP contribution is -1.97. The lowest BCUT2D eigenvalue weighted by molar-refractivity contribution is 0.571. The predicted octanol–water partition coefficient (Wildman–Crippen LogP) is 10.9. The van der Waals surface area contributed by atoms with Crippen LogP contribution >= 0.6 is 0 Å². The van der Waals surface area contributed by atoms with E-state index in [0.29, 0.717) is 0 Å². The molecule has 198 valence electrons. The molecule has 0 aliphatic heterocycles. The first-order valence-electron chi connectivity index (χ1n) is 14.9. The van der Waals surface area contributed by atoms with Gasteiger partial charge in [-0.15, -0.1) is 0 Å². The molecule has 2 heteroatoms. The first-order valence-corrected chi connectivity index (χ1v) is 14.9. The molecule has 7 rings (SSSR count). The van der Waals surface area contributed by atoms with Gasteiger partial charge in [0, 0.05) is 44.8 Å². The Morgan fingerprint density at radius 3 is 1.73 bits per heavy atom. The van der Waals surface area contributed by atoms with E-state index < -0.39 is 0 Å². The maximum Gasteiger partial charge on any atom is 0.0541 e. The van der Waals surface area contributed by atoms with Crippen molar-refractivity contribution >= 4 is 43.6 Å². The highest BCUT2D eigenvalue weighted by Crippen LogP contribution is 2.37. The van der Waals surface area contributed by atoms with Crippen LogP contribution in [-0.4, -0.2) is 9.13 Å². The minimum absolute atomic E-state index is 1.08. The molecular formula is C38H36N2. The van der Waals surface area contributed by atoms with Gasteiger partial charge in [-0.2, -0.15) is 0 Å². The number of para-hydroxylation sites is 3. The van der Waals surface area contributed by atoms with E-state index in [1.165, 1.54) is 99.0 Å². The highest BCUT2D eigenvalue weighted by molar-refractivity contribution is 6.12. The van der Waals surface area contributed by atoms with E-state index in [4.69, 9.17) is 0 Å². The fraction of sp³-hybridized carbons (Fsp3) is 0.211. The lowest BCUT2D eigenvalue weighted by Gasteiger charge is -2.09. The van der Waals surface area contributed by atoms with Gasteiger partial charge in [0.25, 0.3) is 0 Å². The first kappa shape index (κ1) is 24.7. The molecule has 0 fully saturated rings. The van der Waals surface area contributed by atoms with Crippen LogP contribution in [0.4, 0.5) is 0 Å². The fourth-order valence-electron chi connectivity index (χ4n) is 6.53. The fourth-order valence-corrected chi connectivity index (χ4v) is 6.53. The third kappa shape index (κ3) is 4.29. The summed E-state index contributed by atoms with van der Waals surface area (Å²) in [5.41, 5.74) is 8.92. The monoisotopic (exact) mass is 520 g/mol. The van der Waals surface area contributed by atoms with Gasteiger partial charge < -0.3 is 9.13 Å². The molecule has 0 atom stereocenters. The summed E-state index contributed by atoms with van der Waals surface area (Å²) in [5.74, 6) is 0. The highest BCUT2D eigenvalue weighted by atomic mass is 15.0. The van der Waals surface area contributed by atoms with Gasteiger partial charge in [-0.1, -0.05) is 106 Å². The number of rotatable bonds is 9. The molecule has 0 saturated heterocycles. The van der Waals surface area contributed by atoms with E-state index in [1.54, 1.807) is 0 Å². The lowest BCUT2D eigenvalue weighted by atomic mass is 10.0. The number of aromatic nitrogens is 2. The van der Waals surface area contributed by atoms with Crippen molar-refractivity contribution in [2.24, 2.45) is 0 Å². The second kappa shape index (κ2) is 10.7. The maximum absolute atomic E-state index is 2.55. The van der Waals surface area contributed by atoms with Crippen LogP contribution in [0, 0.1) is 0 Å². The summed E-state index contributed by atoms with van der Waals surface area (Å²) in [4.78, 5) is 0. The van der Waals surface area contributed by atoms with Gasteiger partial charge in [0.15, 0.2) is 0 Å². The Labute approximate surface area is 236 Å². The Bertz CT molecular complexity index is 1940. The van der Waals surface area contributed by atoms with Crippen LogP contribution in [-0.2, 0) is 6.54 Å². The largest absolute Gasteiger partial charge is 0.340 e. The smallest absolute Gasteiger partial charge is 0.0541 e. The molecule has 0 radical (unpaired) electrons. The summed E-state index contributed by atoms with van der Waals surface area (Å²) >= 11 is 0. The van der Waals surface area contributed by atoms with Crippen LogP contribution in [0.5, 0.6) is 0 Å². The summed E-state index contributed by atoms with van der Waals surface area (Å²) in [6.07, 6.45) is 7.91. The summed E-state index contributed by atoms with van der Waals surface area (Å²) in [7, 11) is 0. The van der Waals surface area contributed by atoms with Crippen LogP contribution in [0.3, 0.4) is 0 Å². The zero-order chi connectivity index (χ0) is 26.9. The first-order chi connectivity index (χ1) is 19.8. The second-order valence-corrected chi connectivity index (χ2v) is 11.1. The van der Waals surface area contributed by atoms with Crippen molar-refractivity contribution in [2.75, 3.05) is 0 Å².